The van der Waals surface area contributed by atoms with Gasteiger partial charge in [0.25, 0.3) is 0 Å². The van der Waals surface area contributed by atoms with Crippen molar-refractivity contribution in [1.82, 2.24) is 4.90 Å². The second kappa shape index (κ2) is 7.72. The zero-order valence-corrected chi connectivity index (χ0v) is 12.1. The molecule has 0 radical (unpaired) electrons. The number of β-amino-alcohol motifs (C(OH)–C–C–N with tert-alkyl or cyclic N) is 1. The van der Waals surface area contributed by atoms with Crippen molar-refractivity contribution in [3.63, 3.8) is 0 Å². The SMILES string of the molecule is CC1CCN(CC(O)COCc2ccccc2F)CC1. The number of aliphatic hydroxyl groups is 1. The van der Waals surface area contributed by atoms with Gasteiger partial charge in [-0.1, -0.05) is 25.1 Å². The van der Waals surface area contributed by atoms with E-state index in [1.54, 1.807) is 18.2 Å². The largest absolute Gasteiger partial charge is 0.389 e. The predicted molar refractivity (Wildman–Crippen MR) is 76.9 cm³/mol. The highest BCUT2D eigenvalue weighted by molar-refractivity contribution is 5.16. The highest BCUT2D eigenvalue weighted by Crippen LogP contribution is 2.16. The van der Waals surface area contributed by atoms with Crippen LogP contribution in [0, 0.1) is 11.7 Å². The van der Waals surface area contributed by atoms with Crippen molar-refractivity contribution in [3.05, 3.63) is 35.6 Å². The number of aliphatic hydroxyl groups excluding tert-OH is 1. The third kappa shape index (κ3) is 4.85. The number of hydrogen-bond acceptors (Lipinski definition) is 3. The minimum absolute atomic E-state index is 0.209. The number of halogens is 1. The molecule has 0 saturated carbocycles. The van der Waals surface area contributed by atoms with E-state index in [4.69, 9.17) is 4.74 Å². The third-order valence-corrected chi connectivity index (χ3v) is 3.87. The summed E-state index contributed by atoms with van der Waals surface area (Å²) in [5.41, 5.74) is 0.534. The molecule has 4 heteroatoms. The maximum Gasteiger partial charge on any atom is 0.128 e. The van der Waals surface area contributed by atoms with Crippen molar-refractivity contribution in [3.8, 4) is 0 Å². The second-order valence-corrected chi connectivity index (χ2v) is 5.74. The smallest absolute Gasteiger partial charge is 0.128 e. The van der Waals surface area contributed by atoms with Gasteiger partial charge >= 0.3 is 0 Å². The van der Waals surface area contributed by atoms with Gasteiger partial charge in [0.2, 0.25) is 0 Å². The quantitative estimate of drug-likeness (QED) is 0.869. The highest BCUT2D eigenvalue weighted by atomic mass is 19.1. The number of hydrogen-bond donors (Lipinski definition) is 1. The van der Waals surface area contributed by atoms with Crippen molar-refractivity contribution in [2.45, 2.75) is 32.5 Å². The van der Waals surface area contributed by atoms with Crippen LogP contribution in [0.3, 0.4) is 0 Å². The van der Waals surface area contributed by atoms with Crippen LogP contribution in [0.5, 0.6) is 0 Å². The first-order chi connectivity index (χ1) is 9.65. The molecule has 1 heterocycles. The summed E-state index contributed by atoms with van der Waals surface area (Å²) < 4.78 is 18.8. The van der Waals surface area contributed by atoms with E-state index in [0.29, 0.717) is 12.1 Å². The van der Waals surface area contributed by atoms with E-state index in [1.165, 1.54) is 18.9 Å². The molecule has 0 bridgehead atoms. The van der Waals surface area contributed by atoms with Gasteiger partial charge in [-0.2, -0.15) is 0 Å². The van der Waals surface area contributed by atoms with Gasteiger partial charge in [0.15, 0.2) is 0 Å². The van der Waals surface area contributed by atoms with Crippen LogP contribution in [-0.4, -0.2) is 42.4 Å². The molecule has 0 amide bonds. The zero-order chi connectivity index (χ0) is 14.4. The lowest BCUT2D eigenvalue weighted by molar-refractivity contribution is 0.00427. The summed E-state index contributed by atoms with van der Waals surface area (Å²) in [6, 6.07) is 6.57. The maximum absolute atomic E-state index is 13.4. The van der Waals surface area contributed by atoms with Gasteiger partial charge in [-0.25, -0.2) is 4.39 Å². The fourth-order valence-corrected chi connectivity index (χ4v) is 2.52. The molecule has 20 heavy (non-hydrogen) atoms. The summed E-state index contributed by atoms with van der Waals surface area (Å²) in [5.74, 6) is 0.535. The Kier molecular flexibility index (Phi) is 5.95. The fourth-order valence-electron chi connectivity index (χ4n) is 2.52. The zero-order valence-electron chi connectivity index (χ0n) is 12.1. The average Bonchev–Trinajstić information content (AvgIpc) is 2.43. The third-order valence-electron chi connectivity index (χ3n) is 3.87. The molecule has 2 rings (SSSR count). The Balaban J connectivity index is 1.65. The Labute approximate surface area is 120 Å². The molecular weight excluding hydrogens is 257 g/mol. The first kappa shape index (κ1) is 15.4. The normalized spacial score (nSPS) is 19.1. The molecule has 112 valence electrons. The number of ether oxygens (including phenoxy) is 1. The Bertz CT molecular complexity index is 405. The van der Waals surface area contributed by atoms with Crippen LogP contribution in [0.2, 0.25) is 0 Å². The molecule has 1 aromatic carbocycles. The van der Waals surface area contributed by atoms with E-state index >= 15 is 0 Å². The molecule has 0 aliphatic carbocycles. The van der Waals surface area contributed by atoms with E-state index in [2.05, 4.69) is 11.8 Å². The van der Waals surface area contributed by atoms with E-state index in [0.717, 1.165) is 19.0 Å². The summed E-state index contributed by atoms with van der Waals surface area (Å²) in [7, 11) is 0. The molecule has 1 fully saturated rings. The highest BCUT2D eigenvalue weighted by Gasteiger charge is 2.18. The van der Waals surface area contributed by atoms with Crippen molar-refractivity contribution in [2.24, 2.45) is 5.92 Å². The number of nitrogens with zero attached hydrogens (tertiary/aromatic N) is 1. The van der Waals surface area contributed by atoms with Crippen molar-refractivity contribution in [1.29, 1.82) is 0 Å². The molecule has 1 atom stereocenters. The summed E-state index contributed by atoms with van der Waals surface area (Å²) in [4.78, 5) is 2.27. The number of rotatable bonds is 6. The van der Waals surface area contributed by atoms with Crippen LogP contribution in [-0.2, 0) is 11.3 Å². The van der Waals surface area contributed by atoms with Gasteiger partial charge in [-0.15, -0.1) is 0 Å². The molecule has 3 nitrogen and oxygen atoms in total. The molecule has 1 aliphatic heterocycles. The molecule has 0 aromatic heterocycles. The van der Waals surface area contributed by atoms with Crippen molar-refractivity contribution in [2.75, 3.05) is 26.2 Å². The summed E-state index contributed by atoms with van der Waals surface area (Å²) in [6.45, 7) is 5.47. The summed E-state index contributed by atoms with van der Waals surface area (Å²) in [5, 5.41) is 9.95. The van der Waals surface area contributed by atoms with E-state index in [9.17, 15) is 9.50 Å². The number of benzene rings is 1. The maximum atomic E-state index is 13.4. The van der Waals surface area contributed by atoms with E-state index in [1.807, 2.05) is 0 Å². The van der Waals surface area contributed by atoms with E-state index < -0.39 is 6.10 Å². The Hall–Kier alpha value is -0.970. The standard InChI is InChI=1S/C16H24FNO2/c1-13-6-8-18(9-7-13)10-15(19)12-20-11-14-4-2-3-5-16(14)17/h2-5,13,15,19H,6-12H2,1H3. The minimum atomic E-state index is -0.504. The molecule has 1 unspecified atom stereocenters. The van der Waals surface area contributed by atoms with Crippen LogP contribution >= 0.6 is 0 Å². The Morgan fingerprint density at radius 2 is 2.05 bits per heavy atom. The topological polar surface area (TPSA) is 32.7 Å². The van der Waals surface area contributed by atoms with Gasteiger partial charge in [0, 0.05) is 12.1 Å². The lowest BCUT2D eigenvalue weighted by Gasteiger charge is -2.31. The first-order valence-corrected chi connectivity index (χ1v) is 7.36. The fraction of sp³-hybridized carbons (Fsp3) is 0.625. The average molecular weight is 281 g/mol. The number of piperidine rings is 1. The predicted octanol–water partition coefficient (Wildman–Crippen LogP) is 2.44. The molecule has 1 saturated heterocycles. The summed E-state index contributed by atoms with van der Waals surface area (Å²) >= 11 is 0. The van der Waals surface area contributed by atoms with Gasteiger partial charge in [0.05, 0.1) is 19.3 Å². The lowest BCUT2D eigenvalue weighted by atomic mass is 9.99. The van der Waals surface area contributed by atoms with Gasteiger partial charge in [0.1, 0.15) is 5.82 Å². The molecular formula is C16H24FNO2. The van der Waals surface area contributed by atoms with Crippen LogP contribution in [0.4, 0.5) is 4.39 Å². The number of likely N-dealkylation sites (tertiary alicyclic amines) is 1. The first-order valence-electron chi connectivity index (χ1n) is 7.36. The van der Waals surface area contributed by atoms with Crippen LogP contribution in [0.1, 0.15) is 25.3 Å². The Morgan fingerprint density at radius 3 is 2.75 bits per heavy atom. The molecule has 1 aliphatic rings. The molecule has 1 N–H and O–H groups in total. The lowest BCUT2D eigenvalue weighted by Crippen LogP contribution is -2.39. The Morgan fingerprint density at radius 1 is 1.35 bits per heavy atom. The van der Waals surface area contributed by atoms with Gasteiger partial charge < -0.3 is 14.7 Å². The van der Waals surface area contributed by atoms with Crippen molar-refractivity contribution < 1.29 is 14.2 Å². The molecule has 0 spiro atoms. The minimum Gasteiger partial charge on any atom is -0.389 e. The second-order valence-electron chi connectivity index (χ2n) is 5.74. The monoisotopic (exact) mass is 281 g/mol. The molecule has 1 aromatic rings. The van der Waals surface area contributed by atoms with Gasteiger partial charge in [-0.05, 0) is 37.9 Å². The van der Waals surface area contributed by atoms with Crippen LogP contribution in [0.15, 0.2) is 24.3 Å². The van der Waals surface area contributed by atoms with E-state index in [-0.39, 0.29) is 19.0 Å². The van der Waals surface area contributed by atoms with Gasteiger partial charge in [-0.3, -0.25) is 0 Å². The van der Waals surface area contributed by atoms with Crippen LogP contribution < -0.4 is 0 Å². The van der Waals surface area contributed by atoms with Crippen molar-refractivity contribution >= 4 is 0 Å². The summed E-state index contributed by atoms with van der Waals surface area (Å²) in [6.07, 6.45) is 1.89. The van der Waals surface area contributed by atoms with Crippen LogP contribution in [0.25, 0.3) is 0 Å².